The average molecular weight is 227 g/mol. The Morgan fingerprint density at radius 2 is 2.24 bits per heavy atom. The molecular weight excluding hydrogens is 218 g/mol. The maximum Gasteiger partial charge on any atom is 0.265 e. The van der Waals surface area contributed by atoms with Crippen molar-refractivity contribution < 1.29 is 4.79 Å². The van der Waals surface area contributed by atoms with Crippen LogP contribution in [-0.2, 0) is 0 Å². The molecule has 0 saturated heterocycles. The number of aromatic nitrogens is 4. The zero-order valence-corrected chi connectivity index (χ0v) is 8.77. The fourth-order valence-electron chi connectivity index (χ4n) is 1.69. The number of carbonyl (C=O) groups excluding carboxylic acids is 1. The van der Waals surface area contributed by atoms with E-state index in [-0.39, 0.29) is 0 Å². The molecule has 3 aromatic heterocycles. The number of amides is 1. The van der Waals surface area contributed by atoms with Crippen molar-refractivity contribution >= 4 is 16.9 Å². The Morgan fingerprint density at radius 3 is 2.94 bits per heavy atom. The molecule has 3 rings (SSSR count). The predicted octanol–water partition coefficient (Wildman–Crippen LogP) is 1.05. The van der Waals surface area contributed by atoms with Crippen LogP contribution in [0.5, 0.6) is 0 Å². The number of H-pyrrole nitrogens is 2. The molecule has 3 aromatic rings. The van der Waals surface area contributed by atoms with Crippen molar-refractivity contribution in [1.29, 1.82) is 0 Å². The van der Waals surface area contributed by atoms with Crippen LogP contribution in [0.15, 0.2) is 30.6 Å². The maximum atomic E-state index is 11.0. The first-order valence-corrected chi connectivity index (χ1v) is 5.03. The van der Waals surface area contributed by atoms with E-state index < -0.39 is 5.91 Å². The lowest BCUT2D eigenvalue weighted by molar-refractivity contribution is 0.0996. The standard InChI is InChI=1S/C11H9N5O/c12-10(17)9-3-6-1-2-8(15-11(6)16-9)7-4-13-14-5-7/h1-5H,(H2,12,17)(H,13,14)(H,15,16). The molecular formula is C11H9N5O. The largest absolute Gasteiger partial charge is 0.364 e. The maximum absolute atomic E-state index is 11.0. The second-order valence-electron chi connectivity index (χ2n) is 3.67. The number of nitrogens with zero attached hydrogens (tertiary/aromatic N) is 2. The van der Waals surface area contributed by atoms with Crippen molar-refractivity contribution in [3.8, 4) is 11.3 Å². The molecule has 0 unspecified atom stereocenters. The molecule has 0 aliphatic rings. The van der Waals surface area contributed by atoms with Gasteiger partial charge in [0.05, 0.1) is 11.9 Å². The van der Waals surface area contributed by atoms with Gasteiger partial charge >= 0.3 is 0 Å². The van der Waals surface area contributed by atoms with Crippen molar-refractivity contribution in [1.82, 2.24) is 20.2 Å². The minimum Gasteiger partial charge on any atom is -0.364 e. The third-order valence-corrected chi connectivity index (χ3v) is 2.54. The molecule has 0 spiro atoms. The average Bonchev–Trinajstić information content (AvgIpc) is 2.97. The van der Waals surface area contributed by atoms with Crippen LogP contribution in [0.2, 0.25) is 0 Å². The van der Waals surface area contributed by atoms with Gasteiger partial charge in [0.1, 0.15) is 11.3 Å². The van der Waals surface area contributed by atoms with Gasteiger partial charge in [-0.3, -0.25) is 9.89 Å². The third kappa shape index (κ3) is 1.55. The molecule has 4 N–H and O–H groups in total. The molecule has 84 valence electrons. The summed E-state index contributed by atoms with van der Waals surface area (Å²) in [7, 11) is 0. The Hall–Kier alpha value is -2.63. The quantitative estimate of drug-likeness (QED) is 0.610. The van der Waals surface area contributed by atoms with Crippen molar-refractivity contribution in [3.05, 3.63) is 36.3 Å². The second kappa shape index (κ2) is 3.44. The minimum absolute atomic E-state index is 0.358. The van der Waals surface area contributed by atoms with Gasteiger partial charge in [0.2, 0.25) is 0 Å². The van der Waals surface area contributed by atoms with Crippen molar-refractivity contribution in [2.24, 2.45) is 5.73 Å². The van der Waals surface area contributed by atoms with Crippen LogP contribution in [0.3, 0.4) is 0 Å². The first-order valence-electron chi connectivity index (χ1n) is 5.03. The second-order valence-corrected chi connectivity index (χ2v) is 3.67. The van der Waals surface area contributed by atoms with Crippen LogP contribution in [0.4, 0.5) is 0 Å². The van der Waals surface area contributed by atoms with E-state index in [0.29, 0.717) is 11.3 Å². The number of pyridine rings is 1. The van der Waals surface area contributed by atoms with E-state index in [1.807, 2.05) is 12.1 Å². The summed E-state index contributed by atoms with van der Waals surface area (Å²) in [4.78, 5) is 18.3. The zero-order valence-electron chi connectivity index (χ0n) is 8.77. The smallest absolute Gasteiger partial charge is 0.265 e. The highest BCUT2D eigenvalue weighted by atomic mass is 16.1. The third-order valence-electron chi connectivity index (χ3n) is 2.54. The summed E-state index contributed by atoms with van der Waals surface area (Å²) in [5.41, 5.74) is 7.86. The lowest BCUT2D eigenvalue weighted by Crippen LogP contribution is -2.10. The van der Waals surface area contributed by atoms with Gasteiger partial charge in [0.25, 0.3) is 5.91 Å². The first kappa shape index (κ1) is 9.59. The van der Waals surface area contributed by atoms with Crippen LogP contribution in [0, 0.1) is 0 Å². The van der Waals surface area contributed by atoms with Crippen molar-refractivity contribution in [2.75, 3.05) is 0 Å². The highest BCUT2D eigenvalue weighted by molar-refractivity contribution is 5.96. The molecule has 17 heavy (non-hydrogen) atoms. The van der Waals surface area contributed by atoms with Gasteiger partial charge in [-0.15, -0.1) is 0 Å². The number of carbonyl (C=O) groups is 1. The summed E-state index contributed by atoms with van der Waals surface area (Å²) in [6.07, 6.45) is 3.44. The minimum atomic E-state index is -0.493. The summed E-state index contributed by atoms with van der Waals surface area (Å²) < 4.78 is 0. The normalized spacial score (nSPS) is 10.8. The highest BCUT2D eigenvalue weighted by Crippen LogP contribution is 2.20. The summed E-state index contributed by atoms with van der Waals surface area (Å²) in [5, 5.41) is 7.44. The van der Waals surface area contributed by atoms with Gasteiger partial charge in [-0.2, -0.15) is 5.10 Å². The van der Waals surface area contributed by atoms with Crippen LogP contribution in [-0.4, -0.2) is 26.1 Å². The lowest BCUT2D eigenvalue weighted by Gasteiger charge is -1.95. The molecule has 0 aromatic carbocycles. The van der Waals surface area contributed by atoms with Crippen molar-refractivity contribution in [3.63, 3.8) is 0 Å². The van der Waals surface area contributed by atoms with Crippen LogP contribution >= 0.6 is 0 Å². The Kier molecular flexibility index (Phi) is 1.94. The molecule has 0 aliphatic carbocycles. The summed E-state index contributed by atoms with van der Waals surface area (Å²) in [5.74, 6) is -0.493. The summed E-state index contributed by atoms with van der Waals surface area (Å²) in [6, 6.07) is 5.43. The molecule has 6 heteroatoms. The number of fused-ring (bicyclic) bond motifs is 1. The number of nitrogens with one attached hydrogen (secondary N) is 2. The molecule has 0 fully saturated rings. The highest BCUT2D eigenvalue weighted by Gasteiger charge is 2.08. The number of rotatable bonds is 2. The summed E-state index contributed by atoms with van der Waals surface area (Å²) in [6.45, 7) is 0. The van der Waals surface area contributed by atoms with E-state index in [1.54, 1.807) is 18.5 Å². The Balaban J connectivity index is 2.16. The Bertz CT molecular complexity index is 683. The number of nitrogens with two attached hydrogens (primary N) is 1. The van der Waals surface area contributed by atoms with E-state index in [2.05, 4.69) is 20.2 Å². The van der Waals surface area contributed by atoms with Crippen LogP contribution < -0.4 is 5.73 Å². The van der Waals surface area contributed by atoms with E-state index in [4.69, 9.17) is 5.73 Å². The molecule has 0 bridgehead atoms. The summed E-state index contributed by atoms with van der Waals surface area (Å²) >= 11 is 0. The van der Waals surface area contributed by atoms with Gasteiger partial charge < -0.3 is 10.7 Å². The number of hydrogen-bond acceptors (Lipinski definition) is 3. The predicted molar refractivity (Wildman–Crippen MR) is 62.2 cm³/mol. The zero-order chi connectivity index (χ0) is 11.8. The monoisotopic (exact) mass is 227 g/mol. The van der Waals surface area contributed by atoms with Gasteiger partial charge in [-0.05, 0) is 18.2 Å². The van der Waals surface area contributed by atoms with Crippen molar-refractivity contribution in [2.45, 2.75) is 0 Å². The Morgan fingerprint density at radius 1 is 1.35 bits per heavy atom. The lowest BCUT2D eigenvalue weighted by atomic mass is 10.2. The Labute approximate surface area is 95.9 Å². The molecule has 0 atom stereocenters. The number of hydrogen-bond donors (Lipinski definition) is 3. The number of primary amides is 1. The number of aromatic amines is 2. The van der Waals surface area contributed by atoms with Gasteiger partial charge in [0.15, 0.2) is 0 Å². The van der Waals surface area contributed by atoms with Crippen LogP contribution in [0.1, 0.15) is 10.5 Å². The van der Waals surface area contributed by atoms with Crippen LogP contribution in [0.25, 0.3) is 22.3 Å². The van der Waals surface area contributed by atoms with E-state index >= 15 is 0 Å². The molecule has 0 saturated carbocycles. The van der Waals surface area contributed by atoms with Gasteiger partial charge in [-0.25, -0.2) is 4.98 Å². The van der Waals surface area contributed by atoms with E-state index in [1.165, 1.54) is 0 Å². The molecule has 6 nitrogen and oxygen atoms in total. The topological polar surface area (TPSA) is 100 Å². The van der Waals surface area contributed by atoms with Gasteiger partial charge in [-0.1, -0.05) is 0 Å². The molecule has 0 radical (unpaired) electrons. The first-order chi connectivity index (χ1) is 8.24. The fraction of sp³-hybridized carbons (Fsp3) is 0. The molecule has 1 amide bonds. The molecule has 3 heterocycles. The SMILES string of the molecule is NC(=O)c1cc2ccc(-c3cn[nH]c3)nc2[nH]1. The van der Waals surface area contributed by atoms with Gasteiger partial charge in [0, 0.05) is 17.1 Å². The van der Waals surface area contributed by atoms with E-state index in [9.17, 15) is 4.79 Å². The van der Waals surface area contributed by atoms with E-state index in [0.717, 1.165) is 16.6 Å². The molecule has 0 aliphatic heterocycles. The fourth-order valence-corrected chi connectivity index (χ4v) is 1.69.